The molecule has 3 amide bonds. The minimum Gasteiger partial charge on any atom is -0.480 e. The fourth-order valence-electron chi connectivity index (χ4n) is 4.16. The van der Waals surface area contributed by atoms with Gasteiger partial charge >= 0.3 is 5.97 Å². The molecule has 5 atom stereocenters. The fraction of sp³-hybridized carbons (Fsp3) is 0.556. The summed E-state index contributed by atoms with van der Waals surface area (Å²) in [6.07, 6.45) is 1.20. The van der Waals surface area contributed by atoms with Gasteiger partial charge in [-0.2, -0.15) is 0 Å². The Morgan fingerprint density at radius 2 is 1.34 bits per heavy atom. The molecule has 0 saturated carbocycles. The molecule has 1 aromatic heterocycles. The minimum atomic E-state index is -1.22. The van der Waals surface area contributed by atoms with Gasteiger partial charge in [-0.1, -0.05) is 45.9 Å². The zero-order chi connectivity index (χ0) is 28.6. The highest BCUT2D eigenvalue weighted by atomic mass is 16.4. The number of carbonyl (C=O) groups is 4. The molecule has 0 spiro atoms. The van der Waals surface area contributed by atoms with Gasteiger partial charge in [0.15, 0.2) is 0 Å². The molecule has 0 aliphatic rings. The molecular formula is C27H41N5O6. The van der Waals surface area contributed by atoms with E-state index >= 15 is 0 Å². The van der Waals surface area contributed by atoms with Gasteiger partial charge in [0.05, 0.1) is 6.10 Å². The lowest BCUT2D eigenvalue weighted by atomic mass is 9.99. The number of aromatic nitrogens is 1. The third-order valence-electron chi connectivity index (χ3n) is 6.22. The van der Waals surface area contributed by atoms with E-state index in [2.05, 4.69) is 20.9 Å². The van der Waals surface area contributed by atoms with E-state index in [0.29, 0.717) is 0 Å². The number of carboxylic acid groups (broad SMARTS) is 1. The average Bonchev–Trinajstić information content (AvgIpc) is 3.24. The number of nitrogens with two attached hydrogens (primary N) is 1. The van der Waals surface area contributed by atoms with Crippen molar-refractivity contribution in [1.29, 1.82) is 0 Å². The molecule has 5 unspecified atom stereocenters. The van der Waals surface area contributed by atoms with Gasteiger partial charge in [-0.15, -0.1) is 0 Å². The largest absolute Gasteiger partial charge is 0.480 e. The zero-order valence-electron chi connectivity index (χ0n) is 22.7. The maximum Gasteiger partial charge on any atom is 0.326 e. The number of nitrogens with one attached hydrogen (secondary N) is 4. The van der Waals surface area contributed by atoms with Crippen molar-refractivity contribution in [3.05, 3.63) is 36.0 Å². The molecule has 0 radical (unpaired) electrons. The summed E-state index contributed by atoms with van der Waals surface area (Å²) in [5.41, 5.74) is 7.31. The molecule has 2 aromatic rings. The molecule has 1 aromatic carbocycles. The van der Waals surface area contributed by atoms with Crippen molar-refractivity contribution in [2.45, 2.75) is 84.2 Å². The monoisotopic (exact) mass is 531 g/mol. The molecule has 0 aliphatic heterocycles. The number of rotatable bonds is 14. The van der Waals surface area contributed by atoms with Crippen LogP contribution in [-0.2, 0) is 25.6 Å². The molecule has 11 heteroatoms. The van der Waals surface area contributed by atoms with Crippen molar-refractivity contribution < 1.29 is 29.4 Å². The van der Waals surface area contributed by atoms with Gasteiger partial charge < -0.3 is 36.9 Å². The molecule has 0 saturated heterocycles. The Hall–Kier alpha value is -3.44. The van der Waals surface area contributed by atoms with E-state index in [1.54, 1.807) is 6.20 Å². The third-order valence-corrected chi connectivity index (χ3v) is 6.22. The quantitative estimate of drug-likeness (QED) is 0.190. The van der Waals surface area contributed by atoms with Gasteiger partial charge in [0.25, 0.3) is 0 Å². The number of aromatic amines is 1. The van der Waals surface area contributed by atoms with E-state index in [0.717, 1.165) is 16.5 Å². The smallest absolute Gasteiger partial charge is 0.326 e. The first-order chi connectivity index (χ1) is 17.8. The van der Waals surface area contributed by atoms with Crippen LogP contribution in [0.25, 0.3) is 10.9 Å². The Labute approximate surface area is 222 Å². The number of benzene rings is 1. The molecule has 0 bridgehead atoms. The lowest BCUT2D eigenvalue weighted by molar-refractivity contribution is -0.142. The summed E-state index contributed by atoms with van der Waals surface area (Å²) in [5, 5.41) is 28.2. The number of fused-ring (bicyclic) bond motifs is 1. The van der Waals surface area contributed by atoms with Crippen molar-refractivity contribution in [1.82, 2.24) is 20.9 Å². The number of carboxylic acids is 1. The van der Waals surface area contributed by atoms with E-state index in [1.807, 2.05) is 52.0 Å². The number of hydrogen-bond donors (Lipinski definition) is 7. The Balaban J connectivity index is 2.19. The van der Waals surface area contributed by atoms with Crippen LogP contribution in [0.15, 0.2) is 30.5 Å². The second-order valence-electron chi connectivity index (χ2n) is 10.6. The van der Waals surface area contributed by atoms with Gasteiger partial charge in [-0.25, -0.2) is 4.79 Å². The molecule has 1 heterocycles. The highest BCUT2D eigenvalue weighted by Crippen LogP contribution is 2.19. The summed E-state index contributed by atoms with van der Waals surface area (Å²) in [7, 11) is 0. The molecule has 0 aliphatic carbocycles. The predicted octanol–water partition coefficient (Wildman–Crippen LogP) is 1.05. The molecule has 38 heavy (non-hydrogen) atoms. The van der Waals surface area contributed by atoms with Gasteiger partial charge in [-0.3, -0.25) is 14.4 Å². The maximum atomic E-state index is 13.2. The Morgan fingerprint density at radius 3 is 1.84 bits per heavy atom. The van der Waals surface area contributed by atoms with E-state index < -0.39 is 54.0 Å². The standard InChI is InChI=1S/C27H41N5O6/c1-14(2)10-20(30-24(34)21(11-15(3)4)31-26(36)23(28)16(5)33)25(35)32-22(27(37)38)12-17-13-29-19-9-7-6-8-18(17)19/h6-9,13-16,20-23,29,33H,10-12,28H2,1-5H3,(H,30,34)(H,31,36)(H,32,35)(H,37,38). The minimum absolute atomic E-state index is 0.00439. The van der Waals surface area contributed by atoms with E-state index in [1.165, 1.54) is 6.92 Å². The van der Waals surface area contributed by atoms with Crippen LogP contribution in [0, 0.1) is 11.8 Å². The number of aliphatic hydroxyl groups is 1. The maximum absolute atomic E-state index is 13.2. The lowest BCUT2D eigenvalue weighted by Crippen LogP contribution is -2.58. The first-order valence-electron chi connectivity index (χ1n) is 12.9. The van der Waals surface area contributed by atoms with Crippen molar-refractivity contribution >= 4 is 34.6 Å². The van der Waals surface area contributed by atoms with E-state index in [-0.39, 0.29) is 31.1 Å². The number of aliphatic hydroxyl groups excluding tert-OH is 1. The van der Waals surface area contributed by atoms with Crippen LogP contribution < -0.4 is 21.7 Å². The summed E-state index contributed by atoms with van der Waals surface area (Å²) >= 11 is 0. The Bertz CT molecular complexity index is 1110. The zero-order valence-corrected chi connectivity index (χ0v) is 22.7. The van der Waals surface area contributed by atoms with Crippen molar-refractivity contribution in [3.8, 4) is 0 Å². The number of para-hydroxylation sites is 1. The molecular weight excluding hydrogens is 490 g/mol. The number of carbonyl (C=O) groups excluding carboxylic acids is 3. The summed E-state index contributed by atoms with van der Waals surface area (Å²) in [6, 6.07) is 3.02. The van der Waals surface area contributed by atoms with Gasteiger partial charge in [0, 0.05) is 23.5 Å². The lowest BCUT2D eigenvalue weighted by Gasteiger charge is -2.27. The SMILES string of the molecule is CC(C)CC(NC(=O)C(CC(C)C)NC(=O)C(N)C(C)O)C(=O)NC(Cc1c[nH]c2ccccc12)C(=O)O. The molecule has 2 rings (SSSR count). The van der Waals surface area contributed by atoms with Crippen LogP contribution in [0.1, 0.15) is 53.0 Å². The van der Waals surface area contributed by atoms with Crippen LogP contribution in [0.3, 0.4) is 0 Å². The number of amides is 3. The first kappa shape index (κ1) is 30.8. The summed E-state index contributed by atoms with van der Waals surface area (Å²) in [5.74, 6) is -3.07. The third kappa shape index (κ3) is 8.84. The van der Waals surface area contributed by atoms with Gasteiger partial charge in [-0.05, 0) is 43.2 Å². The predicted molar refractivity (Wildman–Crippen MR) is 144 cm³/mol. The van der Waals surface area contributed by atoms with Gasteiger partial charge in [0.2, 0.25) is 17.7 Å². The van der Waals surface area contributed by atoms with Crippen LogP contribution in [0.5, 0.6) is 0 Å². The molecule has 210 valence electrons. The van der Waals surface area contributed by atoms with Gasteiger partial charge in [0.1, 0.15) is 24.2 Å². The molecule has 0 fully saturated rings. The normalized spacial score (nSPS) is 15.5. The highest BCUT2D eigenvalue weighted by molar-refractivity contribution is 5.94. The molecule has 8 N–H and O–H groups in total. The second-order valence-corrected chi connectivity index (χ2v) is 10.6. The van der Waals surface area contributed by atoms with Crippen molar-refractivity contribution in [3.63, 3.8) is 0 Å². The number of H-pyrrole nitrogens is 1. The molecule has 11 nitrogen and oxygen atoms in total. The summed E-state index contributed by atoms with van der Waals surface area (Å²) in [6.45, 7) is 8.88. The first-order valence-corrected chi connectivity index (χ1v) is 12.9. The average molecular weight is 532 g/mol. The fourth-order valence-corrected chi connectivity index (χ4v) is 4.16. The van der Waals surface area contributed by atoms with E-state index in [9.17, 15) is 29.4 Å². The Morgan fingerprint density at radius 1 is 0.842 bits per heavy atom. The summed E-state index contributed by atoms with van der Waals surface area (Å²) in [4.78, 5) is 54.0. The van der Waals surface area contributed by atoms with Crippen molar-refractivity contribution in [2.24, 2.45) is 17.6 Å². The van der Waals surface area contributed by atoms with Crippen LogP contribution in [-0.4, -0.2) is 69.2 Å². The van der Waals surface area contributed by atoms with Crippen LogP contribution >= 0.6 is 0 Å². The highest BCUT2D eigenvalue weighted by Gasteiger charge is 2.32. The number of aliphatic carboxylic acids is 1. The van der Waals surface area contributed by atoms with E-state index in [4.69, 9.17) is 5.73 Å². The van der Waals surface area contributed by atoms with Crippen LogP contribution in [0.4, 0.5) is 0 Å². The van der Waals surface area contributed by atoms with Crippen LogP contribution in [0.2, 0.25) is 0 Å². The van der Waals surface area contributed by atoms with Crippen molar-refractivity contribution in [2.75, 3.05) is 0 Å². The topological polar surface area (TPSA) is 187 Å². The second kappa shape index (κ2) is 13.9. The summed E-state index contributed by atoms with van der Waals surface area (Å²) < 4.78 is 0. The number of hydrogen-bond acceptors (Lipinski definition) is 6. The Kier molecular flexibility index (Phi) is 11.3.